The molecule has 0 aliphatic carbocycles. The molecule has 0 radical (unpaired) electrons. The van der Waals surface area contributed by atoms with Gasteiger partial charge in [-0.2, -0.15) is 0 Å². The number of hydrogen-bond acceptors (Lipinski definition) is 1. The zero-order chi connectivity index (χ0) is 5.11. The van der Waals surface area contributed by atoms with Crippen LogP contribution in [-0.2, 0) is 0 Å². The molecule has 0 N–H and O–H groups in total. The second-order valence-corrected chi connectivity index (χ2v) is 1.10. The molecule has 7 heavy (non-hydrogen) atoms. The molecule has 0 saturated heterocycles. The highest BCUT2D eigenvalue weighted by molar-refractivity contribution is 4.92. The monoisotopic (exact) mass is 92.0 g/mol. The number of nitrogens with zero attached hydrogens (tertiary/aromatic N) is 2. The summed E-state index contributed by atoms with van der Waals surface area (Å²) in [5.74, 6) is 0. The minimum atomic E-state index is 1.54. The van der Waals surface area contributed by atoms with E-state index < -0.39 is 0 Å². The third-order valence-corrected chi connectivity index (χ3v) is 0.653. The molecule has 2 heteroatoms. The lowest BCUT2D eigenvalue weighted by Gasteiger charge is -1.76. The first-order valence-electron chi connectivity index (χ1n) is 1.88. The molecule has 0 spiro atoms. The van der Waals surface area contributed by atoms with Crippen LogP contribution in [0.5, 0.6) is 0 Å². The molecule has 0 amide bonds. The van der Waals surface area contributed by atoms with Crippen molar-refractivity contribution < 1.29 is 0 Å². The Morgan fingerprint density at radius 1 is 1.71 bits per heavy atom. The highest BCUT2D eigenvalue weighted by Gasteiger charge is 1.73. The summed E-state index contributed by atoms with van der Waals surface area (Å²) >= 11 is 0. The molecule has 2 nitrogen and oxygen atoms in total. The maximum Gasteiger partial charge on any atom is 0.106 e. The van der Waals surface area contributed by atoms with Gasteiger partial charge < -0.3 is 0 Å². The van der Waals surface area contributed by atoms with Gasteiger partial charge >= 0.3 is 0 Å². The fraction of sp³-hybridized carbons (Fsp3) is 0. The lowest BCUT2D eigenvalue weighted by Crippen LogP contribution is -1.77. The van der Waals surface area contributed by atoms with Crippen molar-refractivity contribution in [2.45, 2.75) is 0 Å². The van der Waals surface area contributed by atoms with Crippen molar-refractivity contribution in [1.82, 2.24) is 9.55 Å². The Morgan fingerprint density at radius 2 is 2.57 bits per heavy atom. The summed E-state index contributed by atoms with van der Waals surface area (Å²) < 4.78 is 1.54. The Morgan fingerprint density at radius 3 is 2.86 bits per heavy atom. The highest BCUT2D eigenvalue weighted by atomic mass is 15.0. The van der Waals surface area contributed by atoms with Crippen LogP contribution >= 0.6 is 0 Å². The average Bonchev–Trinajstić information content (AvgIpc) is 2.14. The first-order chi connectivity index (χ1) is 3.43. The van der Waals surface area contributed by atoms with E-state index >= 15 is 0 Å². The van der Waals surface area contributed by atoms with Crippen LogP contribution in [-0.4, -0.2) is 9.55 Å². The van der Waals surface area contributed by atoms with E-state index in [1.807, 2.05) is 0 Å². The van der Waals surface area contributed by atoms with Crippen LogP contribution in [0, 0.1) is 12.5 Å². The van der Waals surface area contributed by atoms with Crippen LogP contribution in [0.4, 0.5) is 0 Å². The molecule has 1 rings (SSSR count). The van der Waals surface area contributed by atoms with E-state index in [2.05, 4.69) is 11.0 Å². The number of rotatable bonds is 0. The Hall–Kier alpha value is -1.23. The number of terminal acetylenes is 1. The van der Waals surface area contributed by atoms with Gasteiger partial charge in [0, 0.05) is 18.4 Å². The Bertz CT molecular complexity index is 168. The highest BCUT2D eigenvalue weighted by Crippen LogP contribution is 1.76. The number of hydrogen-bond donors (Lipinski definition) is 0. The Balaban J connectivity index is 3.04. The zero-order valence-corrected chi connectivity index (χ0v) is 3.70. The summed E-state index contributed by atoms with van der Waals surface area (Å²) in [6.45, 7) is 0. The Labute approximate surface area is 41.8 Å². The van der Waals surface area contributed by atoms with Gasteiger partial charge in [-0.15, -0.1) is 0 Å². The van der Waals surface area contributed by atoms with Gasteiger partial charge in [-0.1, -0.05) is 6.42 Å². The molecule has 34 valence electrons. The van der Waals surface area contributed by atoms with Crippen LogP contribution in [0.3, 0.4) is 0 Å². The summed E-state index contributed by atoms with van der Waals surface area (Å²) in [6.07, 6.45) is 9.88. The fourth-order valence-electron chi connectivity index (χ4n) is 0.335. The molecule has 0 atom stereocenters. The maximum absolute atomic E-state index is 4.97. The lowest BCUT2D eigenvalue weighted by molar-refractivity contribution is 1.12. The van der Waals surface area contributed by atoms with Crippen molar-refractivity contribution in [1.29, 1.82) is 0 Å². The molecular formula is C5H4N2. The van der Waals surface area contributed by atoms with Crippen LogP contribution in [0.25, 0.3) is 0 Å². The van der Waals surface area contributed by atoms with Gasteiger partial charge in [0.05, 0.1) is 0 Å². The number of aromatic nitrogens is 2. The normalized spacial score (nSPS) is 7.86. The predicted molar refractivity (Wildman–Crippen MR) is 26.5 cm³/mol. The van der Waals surface area contributed by atoms with Gasteiger partial charge in [0.1, 0.15) is 6.33 Å². The summed E-state index contributed by atoms with van der Waals surface area (Å²) in [7, 11) is 0. The van der Waals surface area contributed by atoms with Gasteiger partial charge in [-0.25, -0.2) is 4.98 Å². The first kappa shape index (κ1) is 3.94. The van der Waals surface area contributed by atoms with Gasteiger partial charge in [0.15, 0.2) is 0 Å². The molecule has 0 saturated carbocycles. The van der Waals surface area contributed by atoms with Crippen molar-refractivity contribution in [2.75, 3.05) is 0 Å². The van der Waals surface area contributed by atoms with Gasteiger partial charge in [0.2, 0.25) is 0 Å². The van der Waals surface area contributed by atoms with E-state index in [1.54, 1.807) is 23.3 Å². The van der Waals surface area contributed by atoms with Crippen LogP contribution in [0.1, 0.15) is 0 Å². The van der Waals surface area contributed by atoms with Crippen molar-refractivity contribution in [3.63, 3.8) is 0 Å². The number of imidazole rings is 1. The minimum absolute atomic E-state index is 1.54. The Kier molecular flexibility index (Phi) is 0.833. The van der Waals surface area contributed by atoms with Crippen molar-refractivity contribution in [3.8, 4) is 12.5 Å². The summed E-state index contributed by atoms with van der Waals surface area (Å²) in [4.78, 5) is 3.71. The summed E-state index contributed by atoms with van der Waals surface area (Å²) in [5.41, 5.74) is 0. The van der Waals surface area contributed by atoms with Crippen LogP contribution in [0.2, 0.25) is 0 Å². The molecule has 0 aliphatic heterocycles. The standard InChI is InChI=1S/C5H4N2/c1-2-7-4-3-6-5-7/h1,3-5H. The molecule has 0 bridgehead atoms. The smallest absolute Gasteiger partial charge is 0.106 e. The third-order valence-electron chi connectivity index (χ3n) is 0.653. The molecule has 0 unspecified atom stereocenters. The fourth-order valence-corrected chi connectivity index (χ4v) is 0.335. The van der Waals surface area contributed by atoms with E-state index in [4.69, 9.17) is 6.42 Å². The van der Waals surface area contributed by atoms with E-state index in [-0.39, 0.29) is 0 Å². The largest absolute Gasteiger partial charge is 0.265 e. The molecule has 1 aromatic heterocycles. The summed E-state index contributed by atoms with van der Waals surface area (Å²) in [6, 6.07) is 2.36. The second kappa shape index (κ2) is 1.48. The molecule has 1 aromatic rings. The molecular weight excluding hydrogens is 88.1 g/mol. The van der Waals surface area contributed by atoms with Crippen LogP contribution in [0.15, 0.2) is 18.7 Å². The first-order valence-corrected chi connectivity index (χ1v) is 1.88. The molecule has 1 heterocycles. The van der Waals surface area contributed by atoms with E-state index in [1.165, 1.54) is 0 Å². The van der Waals surface area contributed by atoms with Gasteiger partial charge in [-0.3, -0.25) is 4.57 Å². The van der Waals surface area contributed by atoms with E-state index in [0.29, 0.717) is 0 Å². The van der Waals surface area contributed by atoms with Crippen molar-refractivity contribution in [2.24, 2.45) is 0 Å². The van der Waals surface area contributed by atoms with Crippen molar-refractivity contribution in [3.05, 3.63) is 18.7 Å². The molecule has 0 fully saturated rings. The quantitative estimate of drug-likeness (QED) is 0.421. The average molecular weight is 92.1 g/mol. The minimum Gasteiger partial charge on any atom is -0.265 e. The SMILES string of the molecule is C#Cn1ccnc1. The third kappa shape index (κ3) is 0.606. The lowest BCUT2D eigenvalue weighted by atomic mass is 10.9. The zero-order valence-electron chi connectivity index (χ0n) is 3.70. The van der Waals surface area contributed by atoms with Crippen LogP contribution < -0.4 is 0 Å². The van der Waals surface area contributed by atoms with E-state index in [9.17, 15) is 0 Å². The molecule has 0 aromatic carbocycles. The second-order valence-electron chi connectivity index (χ2n) is 1.10. The van der Waals surface area contributed by atoms with E-state index in [0.717, 1.165) is 0 Å². The maximum atomic E-state index is 4.97. The molecule has 0 aliphatic rings. The van der Waals surface area contributed by atoms with Gasteiger partial charge in [-0.05, 0) is 0 Å². The van der Waals surface area contributed by atoms with Gasteiger partial charge in [0.25, 0.3) is 0 Å². The topological polar surface area (TPSA) is 17.8 Å². The predicted octanol–water partition coefficient (Wildman–Crippen LogP) is 0.322. The van der Waals surface area contributed by atoms with Crippen molar-refractivity contribution >= 4 is 0 Å². The summed E-state index contributed by atoms with van der Waals surface area (Å²) in [5, 5.41) is 0.